The first-order valence-electron chi connectivity index (χ1n) is 6.53. The largest absolute Gasteiger partial charge is 0.465 e. The van der Waals surface area contributed by atoms with Crippen LogP contribution in [0.15, 0.2) is 36.7 Å². The van der Waals surface area contributed by atoms with E-state index in [1.807, 2.05) is 30.1 Å². The third-order valence-corrected chi connectivity index (χ3v) is 2.98. The van der Waals surface area contributed by atoms with E-state index in [1.54, 1.807) is 0 Å². The average molecular weight is 305 g/mol. The third kappa shape index (κ3) is 3.85. The average Bonchev–Trinajstić information content (AvgIpc) is 2.92. The maximum Gasteiger partial charge on any atom is 0.337 e. The Kier molecular flexibility index (Phi) is 4.77. The molecule has 0 aliphatic rings. The first-order valence-corrected chi connectivity index (χ1v) is 6.53. The van der Waals surface area contributed by atoms with Crippen LogP contribution in [-0.4, -0.2) is 23.7 Å². The smallest absolute Gasteiger partial charge is 0.337 e. The zero-order valence-electron chi connectivity index (χ0n) is 12.2. The summed E-state index contributed by atoms with van der Waals surface area (Å²) >= 11 is 0. The van der Waals surface area contributed by atoms with E-state index >= 15 is 0 Å². The second-order valence-electron chi connectivity index (χ2n) is 4.68. The number of rotatable bonds is 4. The number of esters is 1. The number of hydrogen-bond donors (Lipinski definition) is 2. The summed E-state index contributed by atoms with van der Waals surface area (Å²) in [6.07, 6.45) is 3.73. The van der Waals surface area contributed by atoms with Gasteiger partial charge in [0.1, 0.15) is 5.82 Å². The van der Waals surface area contributed by atoms with Crippen LogP contribution < -0.4 is 10.6 Å². The number of carbonyl (C=O) groups excluding carboxylic acids is 2. The number of aryl methyl sites for hydroxylation is 1. The van der Waals surface area contributed by atoms with E-state index in [-0.39, 0.29) is 11.3 Å². The van der Waals surface area contributed by atoms with Crippen LogP contribution in [0.3, 0.4) is 0 Å². The summed E-state index contributed by atoms with van der Waals surface area (Å²) in [7, 11) is 3.09. The summed E-state index contributed by atoms with van der Waals surface area (Å²) < 4.78 is 20.2. The fourth-order valence-corrected chi connectivity index (χ4v) is 1.88. The highest BCUT2D eigenvalue weighted by atomic mass is 19.1. The van der Waals surface area contributed by atoms with Gasteiger partial charge in [-0.15, -0.1) is 0 Å². The highest BCUT2D eigenvalue weighted by molar-refractivity contribution is 5.92. The van der Waals surface area contributed by atoms with Crippen LogP contribution in [0, 0.1) is 5.82 Å². The molecular formula is C15H16FN3O3. The molecule has 1 aromatic carbocycles. The number of nitrogens with zero attached hydrogens (tertiary/aromatic N) is 1. The first kappa shape index (κ1) is 15.6. The Labute approximate surface area is 126 Å². The van der Waals surface area contributed by atoms with Crippen LogP contribution in [0.25, 0.3) is 0 Å². The van der Waals surface area contributed by atoms with Gasteiger partial charge in [0, 0.05) is 26.0 Å². The molecule has 22 heavy (non-hydrogen) atoms. The lowest BCUT2D eigenvalue weighted by atomic mass is 10.2. The van der Waals surface area contributed by atoms with Crippen LogP contribution in [0.1, 0.15) is 15.9 Å². The molecule has 116 valence electrons. The number of urea groups is 1. The standard InChI is InChI=1S/C15H16FN3O3/c1-19-6-5-10(9-19)8-17-15(21)18-13-4-3-11(7-12(13)16)14(20)22-2/h3-7,9H,8H2,1-2H3,(H2,17,18,21). The van der Waals surface area contributed by atoms with Crippen LogP contribution in [0.2, 0.25) is 0 Å². The van der Waals surface area contributed by atoms with Crippen molar-refractivity contribution >= 4 is 17.7 Å². The van der Waals surface area contributed by atoms with Crippen molar-refractivity contribution in [2.45, 2.75) is 6.54 Å². The summed E-state index contributed by atoms with van der Waals surface area (Å²) in [6, 6.07) is 5.03. The Morgan fingerprint density at radius 2 is 2.09 bits per heavy atom. The van der Waals surface area contributed by atoms with Gasteiger partial charge in [0.15, 0.2) is 0 Å². The number of hydrogen-bond acceptors (Lipinski definition) is 3. The Bertz CT molecular complexity index is 697. The van der Waals surface area contributed by atoms with E-state index in [9.17, 15) is 14.0 Å². The van der Waals surface area contributed by atoms with Crippen LogP contribution in [0.5, 0.6) is 0 Å². The number of amides is 2. The Balaban J connectivity index is 1.95. The second-order valence-corrected chi connectivity index (χ2v) is 4.68. The number of carbonyl (C=O) groups is 2. The predicted molar refractivity (Wildman–Crippen MR) is 79.0 cm³/mol. The van der Waals surface area contributed by atoms with Crippen molar-refractivity contribution in [2.24, 2.45) is 7.05 Å². The second kappa shape index (κ2) is 6.75. The quantitative estimate of drug-likeness (QED) is 0.851. The van der Waals surface area contributed by atoms with E-state index < -0.39 is 17.8 Å². The Morgan fingerprint density at radius 3 is 2.68 bits per heavy atom. The molecule has 6 nitrogen and oxygen atoms in total. The van der Waals surface area contributed by atoms with Crippen LogP contribution in [0.4, 0.5) is 14.9 Å². The molecule has 2 rings (SSSR count). The van der Waals surface area contributed by atoms with E-state index in [2.05, 4.69) is 15.4 Å². The maximum atomic E-state index is 13.8. The van der Waals surface area contributed by atoms with Gasteiger partial charge in [0.05, 0.1) is 18.4 Å². The molecule has 2 amide bonds. The van der Waals surface area contributed by atoms with Gasteiger partial charge in [0.25, 0.3) is 0 Å². The lowest BCUT2D eigenvalue weighted by Gasteiger charge is -2.08. The summed E-state index contributed by atoms with van der Waals surface area (Å²) in [5.41, 5.74) is 0.993. The Hall–Kier alpha value is -2.83. The number of halogens is 1. The Morgan fingerprint density at radius 1 is 1.32 bits per heavy atom. The molecule has 1 aromatic heterocycles. The van der Waals surface area contributed by atoms with Crippen molar-refractivity contribution in [2.75, 3.05) is 12.4 Å². The molecule has 0 saturated carbocycles. The molecule has 2 N–H and O–H groups in total. The monoisotopic (exact) mass is 305 g/mol. The molecule has 0 bridgehead atoms. The van der Waals surface area contributed by atoms with Gasteiger partial charge in [-0.1, -0.05) is 0 Å². The van der Waals surface area contributed by atoms with Crippen molar-refractivity contribution in [1.82, 2.24) is 9.88 Å². The molecule has 0 saturated heterocycles. The van der Waals surface area contributed by atoms with E-state index in [1.165, 1.54) is 19.2 Å². The topological polar surface area (TPSA) is 72.4 Å². The number of anilines is 1. The first-order chi connectivity index (χ1) is 10.5. The number of aromatic nitrogens is 1. The highest BCUT2D eigenvalue weighted by Crippen LogP contribution is 2.16. The molecule has 0 fully saturated rings. The SMILES string of the molecule is COC(=O)c1ccc(NC(=O)NCc2ccn(C)c2)c(F)c1. The molecule has 0 aliphatic heterocycles. The van der Waals surface area contributed by atoms with Gasteiger partial charge in [-0.3, -0.25) is 0 Å². The zero-order valence-corrected chi connectivity index (χ0v) is 12.2. The number of ether oxygens (including phenoxy) is 1. The molecule has 0 unspecified atom stereocenters. The van der Waals surface area contributed by atoms with E-state index in [4.69, 9.17) is 0 Å². The molecule has 0 aliphatic carbocycles. The number of methoxy groups -OCH3 is 1. The van der Waals surface area contributed by atoms with Gasteiger partial charge in [0.2, 0.25) is 0 Å². The summed E-state index contributed by atoms with van der Waals surface area (Å²) in [5, 5.41) is 5.00. The lowest BCUT2D eigenvalue weighted by molar-refractivity contribution is 0.0600. The molecule has 2 aromatic rings. The fraction of sp³-hybridized carbons (Fsp3) is 0.200. The maximum absolute atomic E-state index is 13.8. The lowest BCUT2D eigenvalue weighted by Crippen LogP contribution is -2.28. The van der Waals surface area contributed by atoms with Crippen molar-refractivity contribution in [3.63, 3.8) is 0 Å². The summed E-state index contributed by atoms with van der Waals surface area (Å²) in [6.45, 7) is 0.328. The molecule has 0 radical (unpaired) electrons. The minimum absolute atomic E-state index is 0.0155. The van der Waals surface area contributed by atoms with Gasteiger partial charge >= 0.3 is 12.0 Å². The minimum atomic E-state index is -0.710. The van der Waals surface area contributed by atoms with Gasteiger partial charge < -0.3 is 19.9 Å². The van der Waals surface area contributed by atoms with Crippen molar-refractivity contribution in [3.8, 4) is 0 Å². The van der Waals surface area contributed by atoms with Crippen LogP contribution >= 0.6 is 0 Å². The van der Waals surface area contributed by atoms with E-state index in [0.29, 0.717) is 6.54 Å². The molecule has 1 heterocycles. The predicted octanol–water partition coefficient (Wildman–Crippen LogP) is 2.27. The number of benzene rings is 1. The number of nitrogens with one attached hydrogen (secondary N) is 2. The third-order valence-electron chi connectivity index (χ3n) is 2.98. The van der Waals surface area contributed by atoms with Gasteiger partial charge in [-0.2, -0.15) is 0 Å². The van der Waals surface area contributed by atoms with Crippen molar-refractivity contribution in [1.29, 1.82) is 0 Å². The summed E-state index contributed by atoms with van der Waals surface area (Å²) in [5.74, 6) is -1.35. The normalized spacial score (nSPS) is 10.1. The van der Waals surface area contributed by atoms with Crippen molar-refractivity contribution in [3.05, 3.63) is 53.6 Å². The van der Waals surface area contributed by atoms with E-state index in [0.717, 1.165) is 11.6 Å². The molecule has 0 atom stereocenters. The molecule has 0 spiro atoms. The minimum Gasteiger partial charge on any atom is -0.465 e. The zero-order chi connectivity index (χ0) is 16.1. The van der Waals surface area contributed by atoms with Gasteiger partial charge in [-0.05, 0) is 29.8 Å². The molecule has 7 heteroatoms. The van der Waals surface area contributed by atoms with Crippen LogP contribution in [-0.2, 0) is 18.3 Å². The summed E-state index contributed by atoms with van der Waals surface area (Å²) in [4.78, 5) is 23.0. The molecular weight excluding hydrogens is 289 g/mol. The van der Waals surface area contributed by atoms with Crippen molar-refractivity contribution < 1.29 is 18.7 Å². The highest BCUT2D eigenvalue weighted by Gasteiger charge is 2.11. The fourth-order valence-electron chi connectivity index (χ4n) is 1.88. The van der Waals surface area contributed by atoms with Gasteiger partial charge in [-0.25, -0.2) is 14.0 Å².